The zero-order valence-corrected chi connectivity index (χ0v) is 11.3. The monoisotopic (exact) mass is 280 g/mol. The van der Waals surface area contributed by atoms with E-state index >= 15 is 0 Å². The van der Waals surface area contributed by atoms with Crippen LogP contribution in [0.4, 0.5) is 5.69 Å². The van der Waals surface area contributed by atoms with Crippen LogP contribution in [0.2, 0.25) is 0 Å². The SMILES string of the molecule is CCNC(=O)c1ccc(N)cc1Sc1nncs1. The van der Waals surface area contributed by atoms with Crippen LogP contribution in [0.3, 0.4) is 0 Å². The molecule has 2 rings (SSSR count). The smallest absolute Gasteiger partial charge is 0.252 e. The van der Waals surface area contributed by atoms with Crippen molar-refractivity contribution in [3.63, 3.8) is 0 Å². The lowest BCUT2D eigenvalue weighted by molar-refractivity contribution is 0.0953. The number of benzene rings is 1. The Kier molecular flexibility index (Phi) is 4.16. The first-order chi connectivity index (χ1) is 8.70. The molecule has 0 spiro atoms. The van der Waals surface area contributed by atoms with Gasteiger partial charge in [-0.2, -0.15) is 0 Å². The van der Waals surface area contributed by atoms with E-state index in [0.717, 1.165) is 9.24 Å². The van der Waals surface area contributed by atoms with E-state index in [4.69, 9.17) is 5.73 Å². The normalized spacial score (nSPS) is 10.3. The molecule has 1 aromatic heterocycles. The lowest BCUT2D eigenvalue weighted by atomic mass is 10.2. The fourth-order valence-electron chi connectivity index (χ4n) is 1.37. The summed E-state index contributed by atoms with van der Waals surface area (Å²) in [6, 6.07) is 5.22. The zero-order valence-electron chi connectivity index (χ0n) is 9.71. The van der Waals surface area contributed by atoms with E-state index in [9.17, 15) is 4.79 Å². The van der Waals surface area contributed by atoms with Crippen molar-refractivity contribution in [3.05, 3.63) is 29.3 Å². The maximum atomic E-state index is 11.9. The third kappa shape index (κ3) is 2.99. The predicted molar refractivity (Wildman–Crippen MR) is 72.9 cm³/mol. The Morgan fingerprint density at radius 3 is 3.06 bits per heavy atom. The van der Waals surface area contributed by atoms with Crippen molar-refractivity contribution < 1.29 is 4.79 Å². The third-order valence-electron chi connectivity index (χ3n) is 2.12. The van der Waals surface area contributed by atoms with Gasteiger partial charge in [-0.15, -0.1) is 10.2 Å². The molecular weight excluding hydrogens is 268 g/mol. The Bertz CT molecular complexity index is 542. The summed E-state index contributed by atoms with van der Waals surface area (Å²) in [5.41, 5.74) is 8.63. The van der Waals surface area contributed by atoms with Crippen molar-refractivity contribution in [2.24, 2.45) is 0 Å². The second-order valence-corrected chi connectivity index (χ2v) is 5.54. The van der Waals surface area contributed by atoms with Gasteiger partial charge >= 0.3 is 0 Å². The number of hydrogen-bond acceptors (Lipinski definition) is 6. The molecule has 0 fully saturated rings. The topological polar surface area (TPSA) is 80.9 Å². The van der Waals surface area contributed by atoms with Crippen molar-refractivity contribution in [1.29, 1.82) is 0 Å². The van der Waals surface area contributed by atoms with Gasteiger partial charge in [-0.3, -0.25) is 4.79 Å². The molecule has 0 aliphatic heterocycles. The minimum Gasteiger partial charge on any atom is -0.399 e. The maximum Gasteiger partial charge on any atom is 0.252 e. The molecule has 2 aromatic rings. The van der Waals surface area contributed by atoms with Crippen LogP contribution < -0.4 is 11.1 Å². The molecule has 3 N–H and O–H groups in total. The highest BCUT2D eigenvalue weighted by molar-refractivity contribution is 8.01. The quantitative estimate of drug-likeness (QED) is 0.837. The molecule has 1 aromatic carbocycles. The molecule has 0 saturated heterocycles. The predicted octanol–water partition coefficient (Wildman–Crippen LogP) is 2.02. The third-order valence-corrected chi connectivity index (χ3v) is 3.96. The van der Waals surface area contributed by atoms with E-state index in [0.29, 0.717) is 17.8 Å². The maximum absolute atomic E-state index is 11.9. The van der Waals surface area contributed by atoms with Crippen LogP contribution in [-0.4, -0.2) is 22.6 Å². The number of carbonyl (C=O) groups is 1. The summed E-state index contributed by atoms with van der Waals surface area (Å²) >= 11 is 2.82. The molecule has 0 bridgehead atoms. The lowest BCUT2D eigenvalue weighted by Gasteiger charge is -2.08. The fourth-order valence-corrected chi connectivity index (χ4v) is 2.98. The number of amides is 1. The van der Waals surface area contributed by atoms with E-state index in [1.54, 1.807) is 23.7 Å². The summed E-state index contributed by atoms with van der Waals surface area (Å²) < 4.78 is 0.783. The summed E-state index contributed by atoms with van der Waals surface area (Å²) in [6.07, 6.45) is 0. The Labute approximate surface area is 113 Å². The molecular formula is C11H12N4OS2. The highest BCUT2D eigenvalue weighted by atomic mass is 32.2. The van der Waals surface area contributed by atoms with Crippen molar-refractivity contribution >= 4 is 34.7 Å². The van der Waals surface area contributed by atoms with Crippen LogP contribution in [0.1, 0.15) is 17.3 Å². The van der Waals surface area contributed by atoms with Gasteiger partial charge in [0.15, 0.2) is 4.34 Å². The molecule has 0 saturated carbocycles. The molecule has 0 aliphatic rings. The molecule has 18 heavy (non-hydrogen) atoms. The van der Waals surface area contributed by atoms with E-state index in [2.05, 4.69) is 15.5 Å². The second-order valence-electron chi connectivity index (χ2n) is 3.42. The number of rotatable bonds is 4. The number of hydrogen-bond donors (Lipinski definition) is 2. The molecule has 94 valence electrons. The van der Waals surface area contributed by atoms with Gasteiger partial charge in [-0.1, -0.05) is 23.1 Å². The van der Waals surface area contributed by atoms with Gasteiger partial charge in [0.1, 0.15) is 5.51 Å². The molecule has 0 aliphatic carbocycles. The molecule has 1 heterocycles. The van der Waals surface area contributed by atoms with Gasteiger partial charge in [0, 0.05) is 17.1 Å². The van der Waals surface area contributed by atoms with E-state index in [1.807, 2.05) is 6.92 Å². The van der Waals surface area contributed by atoms with Gasteiger partial charge in [0.2, 0.25) is 0 Å². The van der Waals surface area contributed by atoms with Crippen molar-refractivity contribution in [1.82, 2.24) is 15.5 Å². The van der Waals surface area contributed by atoms with Gasteiger partial charge in [-0.05, 0) is 25.1 Å². The summed E-state index contributed by atoms with van der Waals surface area (Å²) in [7, 11) is 0. The minimum absolute atomic E-state index is 0.107. The zero-order chi connectivity index (χ0) is 13.0. The molecule has 5 nitrogen and oxygen atoms in total. The molecule has 1 amide bonds. The Balaban J connectivity index is 2.31. The van der Waals surface area contributed by atoms with Crippen LogP contribution >= 0.6 is 23.1 Å². The number of aromatic nitrogens is 2. The molecule has 0 atom stereocenters. The fraction of sp³-hybridized carbons (Fsp3) is 0.182. The first-order valence-corrected chi connectivity index (χ1v) is 7.02. The lowest BCUT2D eigenvalue weighted by Crippen LogP contribution is -2.23. The van der Waals surface area contributed by atoms with Crippen molar-refractivity contribution in [2.75, 3.05) is 12.3 Å². The minimum atomic E-state index is -0.107. The van der Waals surface area contributed by atoms with Crippen molar-refractivity contribution in [2.45, 2.75) is 16.2 Å². The van der Waals surface area contributed by atoms with Crippen molar-refractivity contribution in [3.8, 4) is 0 Å². The number of nitrogens with two attached hydrogens (primary N) is 1. The average Bonchev–Trinajstić information content (AvgIpc) is 2.82. The molecule has 0 radical (unpaired) electrons. The number of anilines is 1. The van der Waals surface area contributed by atoms with Gasteiger partial charge in [0.05, 0.1) is 5.56 Å². The van der Waals surface area contributed by atoms with Crippen LogP contribution in [0, 0.1) is 0 Å². The van der Waals surface area contributed by atoms with Crippen LogP contribution in [0.25, 0.3) is 0 Å². The average molecular weight is 280 g/mol. The Morgan fingerprint density at radius 2 is 2.39 bits per heavy atom. The summed E-state index contributed by atoms with van der Waals surface area (Å²) in [6.45, 7) is 2.47. The van der Waals surface area contributed by atoms with Gasteiger partial charge in [0.25, 0.3) is 5.91 Å². The van der Waals surface area contributed by atoms with Crippen LogP contribution in [-0.2, 0) is 0 Å². The number of nitrogens with zero attached hydrogens (tertiary/aromatic N) is 2. The number of carbonyl (C=O) groups excluding carboxylic acids is 1. The highest BCUT2D eigenvalue weighted by Crippen LogP contribution is 2.32. The largest absolute Gasteiger partial charge is 0.399 e. The van der Waals surface area contributed by atoms with Crippen LogP contribution in [0.15, 0.2) is 32.9 Å². The van der Waals surface area contributed by atoms with E-state index in [1.165, 1.54) is 23.1 Å². The first kappa shape index (κ1) is 12.8. The van der Waals surface area contributed by atoms with E-state index < -0.39 is 0 Å². The first-order valence-electron chi connectivity index (χ1n) is 5.32. The number of nitrogen functional groups attached to an aromatic ring is 1. The standard InChI is InChI=1S/C11H12N4OS2/c1-2-13-10(16)8-4-3-7(12)5-9(8)18-11-15-14-6-17-11/h3-6H,2,12H2,1H3,(H,13,16). The highest BCUT2D eigenvalue weighted by Gasteiger charge is 2.13. The Hall–Kier alpha value is -1.60. The molecule has 7 heteroatoms. The second kappa shape index (κ2) is 5.83. The summed E-state index contributed by atoms with van der Waals surface area (Å²) in [5.74, 6) is -0.107. The van der Waals surface area contributed by atoms with Gasteiger partial charge in [-0.25, -0.2) is 0 Å². The summed E-state index contributed by atoms with van der Waals surface area (Å²) in [4.78, 5) is 12.7. The van der Waals surface area contributed by atoms with Crippen LogP contribution in [0.5, 0.6) is 0 Å². The van der Waals surface area contributed by atoms with Gasteiger partial charge < -0.3 is 11.1 Å². The number of nitrogens with one attached hydrogen (secondary N) is 1. The molecule has 0 unspecified atom stereocenters. The summed E-state index contributed by atoms with van der Waals surface area (Å²) in [5, 5.41) is 10.5. The van der Waals surface area contributed by atoms with E-state index in [-0.39, 0.29) is 5.91 Å². The Morgan fingerprint density at radius 1 is 1.56 bits per heavy atom.